The molecule has 0 aliphatic carbocycles. The summed E-state index contributed by atoms with van der Waals surface area (Å²) >= 11 is 7.09. The van der Waals surface area contributed by atoms with Crippen LogP contribution in [0.5, 0.6) is 0 Å². The van der Waals surface area contributed by atoms with Gasteiger partial charge in [-0.15, -0.1) is 0 Å². The lowest BCUT2D eigenvalue weighted by atomic mass is 10.0. The van der Waals surface area contributed by atoms with Crippen LogP contribution < -0.4 is 0 Å². The number of hydrogen-bond acceptors (Lipinski definition) is 1. The van der Waals surface area contributed by atoms with Crippen LogP contribution in [0, 0.1) is 0 Å². The van der Waals surface area contributed by atoms with Crippen molar-refractivity contribution in [1.29, 1.82) is 0 Å². The van der Waals surface area contributed by atoms with Crippen molar-refractivity contribution in [2.45, 2.75) is 31.5 Å². The number of ether oxygens (including phenoxy) is 1. The smallest absolute Gasteiger partial charge is 0.0844 e. The lowest BCUT2D eigenvalue weighted by molar-refractivity contribution is -0.0124. The minimum Gasteiger partial charge on any atom is -0.366 e. The number of alkyl halides is 1. The van der Waals surface area contributed by atoms with E-state index in [1.807, 2.05) is 6.07 Å². The average Bonchev–Trinajstić information content (AvgIpc) is 2.63. The van der Waals surface area contributed by atoms with E-state index in [1.54, 1.807) is 0 Å². The molecule has 1 aromatic carbocycles. The third-order valence-electron chi connectivity index (χ3n) is 2.90. The molecule has 2 atom stereocenters. The third kappa shape index (κ3) is 2.45. The van der Waals surface area contributed by atoms with Gasteiger partial charge < -0.3 is 4.74 Å². The molecule has 0 aromatic heterocycles. The summed E-state index contributed by atoms with van der Waals surface area (Å²) < 4.78 is 7.24. The van der Waals surface area contributed by atoms with Gasteiger partial charge in [0.05, 0.1) is 11.7 Å². The maximum atomic E-state index is 6.09. The molecule has 1 heterocycles. The summed E-state index contributed by atoms with van der Waals surface area (Å²) in [6, 6.07) is 8.30. The number of benzene rings is 1. The van der Waals surface area contributed by atoms with E-state index in [2.05, 4.69) is 57.0 Å². The molecule has 0 radical (unpaired) electrons. The van der Waals surface area contributed by atoms with Gasteiger partial charge in [-0.3, -0.25) is 0 Å². The quantitative estimate of drug-likeness (QED) is 0.726. The Morgan fingerprint density at radius 2 is 2.20 bits per heavy atom. The minimum absolute atomic E-state index is 0.0000515. The molecule has 0 spiro atoms. The maximum Gasteiger partial charge on any atom is 0.0844 e. The summed E-state index contributed by atoms with van der Waals surface area (Å²) in [6.07, 6.45) is 2.46. The van der Waals surface area contributed by atoms with Crippen LogP contribution in [0.25, 0.3) is 0 Å². The Kier molecular flexibility index (Phi) is 3.53. The van der Waals surface area contributed by atoms with Gasteiger partial charge in [-0.2, -0.15) is 0 Å². The van der Waals surface area contributed by atoms with Gasteiger partial charge in [0.25, 0.3) is 0 Å². The Bertz CT molecular complexity index is 353. The molecule has 1 fully saturated rings. The summed E-state index contributed by atoms with van der Waals surface area (Å²) in [6.45, 7) is 2.17. The highest BCUT2D eigenvalue weighted by atomic mass is 79.9. The monoisotopic (exact) mass is 332 g/mol. The van der Waals surface area contributed by atoms with Crippen molar-refractivity contribution in [2.24, 2.45) is 0 Å². The predicted molar refractivity (Wildman–Crippen MR) is 69.4 cm³/mol. The standard InChI is InChI=1S/C12H14Br2O/c1-12(8-13)7-6-11(15-12)9-4-2-3-5-10(9)14/h2-5,11H,6-8H2,1H3. The number of rotatable bonds is 2. The van der Waals surface area contributed by atoms with Crippen LogP contribution in [0.15, 0.2) is 28.7 Å². The normalized spacial score (nSPS) is 30.7. The van der Waals surface area contributed by atoms with E-state index in [1.165, 1.54) is 5.56 Å². The lowest BCUT2D eigenvalue weighted by Gasteiger charge is -2.22. The molecule has 1 nitrogen and oxygen atoms in total. The second-order valence-corrected chi connectivity index (χ2v) is 5.67. The zero-order valence-corrected chi connectivity index (χ0v) is 11.8. The van der Waals surface area contributed by atoms with Crippen LogP contribution in [-0.2, 0) is 4.74 Å². The van der Waals surface area contributed by atoms with E-state index < -0.39 is 0 Å². The first-order valence-electron chi connectivity index (χ1n) is 5.13. The van der Waals surface area contributed by atoms with Crippen molar-refractivity contribution in [3.05, 3.63) is 34.3 Å². The second kappa shape index (κ2) is 4.56. The molecule has 82 valence electrons. The Morgan fingerprint density at radius 1 is 1.47 bits per heavy atom. The first-order chi connectivity index (χ1) is 7.14. The predicted octanol–water partition coefficient (Wildman–Crippen LogP) is 4.45. The Morgan fingerprint density at radius 3 is 2.80 bits per heavy atom. The average molecular weight is 334 g/mol. The number of hydrogen-bond donors (Lipinski definition) is 0. The fourth-order valence-electron chi connectivity index (χ4n) is 1.95. The third-order valence-corrected chi connectivity index (χ3v) is 4.81. The van der Waals surface area contributed by atoms with Gasteiger partial charge in [-0.05, 0) is 31.4 Å². The van der Waals surface area contributed by atoms with E-state index in [0.717, 1.165) is 22.6 Å². The SMILES string of the molecule is CC1(CBr)CCC(c2ccccc2Br)O1. The molecule has 2 rings (SSSR count). The first-order valence-corrected chi connectivity index (χ1v) is 7.04. The lowest BCUT2D eigenvalue weighted by Crippen LogP contribution is -2.25. The Labute approximate surface area is 107 Å². The molecule has 15 heavy (non-hydrogen) atoms. The Balaban J connectivity index is 2.18. The van der Waals surface area contributed by atoms with E-state index >= 15 is 0 Å². The van der Waals surface area contributed by atoms with Crippen molar-refractivity contribution < 1.29 is 4.74 Å². The summed E-state index contributed by atoms with van der Waals surface area (Å²) in [7, 11) is 0. The van der Waals surface area contributed by atoms with Crippen molar-refractivity contribution in [2.75, 3.05) is 5.33 Å². The zero-order valence-electron chi connectivity index (χ0n) is 8.67. The van der Waals surface area contributed by atoms with E-state index in [9.17, 15) is 0 Å². The molecule has 1 aromatic rings. The van der Waals surface area contributed by atoms with Crippen molar-refractivity contribution >= 4 is 31.9 Å². The molecule has 1 aliphatic rings. The molecule has 0 bridgehead atoms. The molecule has 3 heteroatoms. The van der Waals surface area contributed by atoms with Gasteiger partial charge in [0.1, 0.15) is 0 Å². The molecular weight excluding hydrogens is 320 g/mol. The van der Waals surface area contributed by atoms with Gasteiger partial charge in [-0.25, -0.2) is 0 Å². The van der Waals surface area contributed by atoms with Crippen molar-refractivity contribution in [3.8, 4) is 0 Å². The summed E-state index contributed by atoms with van der Waals surface area (Å²) in [5.41, 5.74) is 1.27. The van der Waals surface area contributed by atoms with Gasteiger partial charge in [0.2, 0.25) is 0 Å². The number of halogens is 2. The molecule has 0 N–H and O–H groups in total. The van der Waals surface area contributed by atoms with Crippen LogP contribution in [0.2, 0.25) is 0 Å². The highest BCUT2D eigenvalue weighted by Gasteiger charge is 2.36. The summed E-state index contributed by atoms with van der Waals surface area (Å²) in [4.78, 5) is 0. The molecule has 1 saturated heterocycles. The van der Waals surface area contributed by atoms with Crippen molar-refractivity contribution in [3.63, 3.8) is 0 Å². The fourth-order valence-corrected chi connectivity index (χ4v) is 2.90. The summed E-state index contributed by atoms with van der Waals surface area (Å²) in [5, 5.41) is 0.904. The van der Waals surface area contributed by atoms with Crippen LogP contribution in [-0.4, -0.2) is 10.9 Å². The molecule has 1 aliphatic heterocycles. The van der Waals surface area contributed by atoms with Crippen LogP contribution in [0.3, 0.4) is 0 Å². The highest BCUT2D eigenvalue weighted by molar-refractivity contribution is 9.10. The van der Waals surface area contributed by atoms with E-state index in [-0.39, 0.29) is 11.7 Å². The Hall–Kier alpha value is 0.140. The molecule has 0 saturated carbocycles. The maximum absolute atomic E-state index is 6.09. The van der Waals surface area contributed by atoms with Gasteiger partial charge in [0.15, 0.2) is 0 Å². The largest absolute Gasteiger partial charge is 0.366 e. The van der Waals surface area contributed by atoms with Gasteiger partial charge in [-0.1, -0.05) is 50.1 Å². The molecular formula is C12H14Br2O. The highest BCUT2D eigenvalue weighted by Crippen LogP contribution is 2.42. The van der Waals surface area contributed by atoms with E-state index in [4.69, 9.17) is 4.74 Å². The fraction of sp³-hybridized carbons (Fsp3) is 0.500. The molecule has 0 amide bonds. The van der Waals surface area contributed by atoms with Crippen LogP contribution in [0.4, 0.5) is 0 Å². The second-order valence-electron chi connectivity index (χ2n) is 4.25. The molecule has 2 unspecified atom stereocenters. The topological polar surface area (TPSA) is 9.23 Å². The van der Waals surface area contributed by atoms with Gasteiger partial charge in [0, 0.05) is 9.80 Å². The summed E-state index contributed by atoms with van der Waals surface area (Å²) in [5.74, 6) is 0. The minimum atomic E-state index is -0.0000515. The van der Waals surface area contributed by atoms with Crippen molar-refractivity contribution in [1.82, 2.24) is 0 Å². The van der Waals surface area contributed by atoms with Crippen LogP contribution >= 0.6 is 31.9 Å². The first kappa shape index (κ1) is 11.6. The van der Waals surface area contributed by atoms with Crippen LogP contribution in [0.1, 0.15) is 31.4 Å². The zero-order chi connectivity index (χ0) is 10.9. The van der Waals surface area contributed by atoms with E-state index in [0.29, 0.717) is 0 Å². The van der Waals surface area contributed by atoms with Gasteiger partial charge >= 0.3 is 0 Å².